The topological polar surface area (TPSA) is 63.2 Å². The number of amides is 2. The van der Waals surface area contributed by atoms with Crippen LogP contribution in [0.1, 0.15) is 32.1 Å². The number of ether oxygens (including phenoxy) is 1. The quantitative estimate of drug-likeness (QED) is 0.867. The van der Waals surface area contributed by atoms with Crippen LogP contribution in [-0.4, -0.2) is 24.2 Å². The van der Waals surface area contributed by atoms with Gasteiger partial charge in [-0.3, -0.25) is 5.32 Å². The summed E-state index contributed by atoms with van der Waals surface area (Å²) in [5, 5.41) is 5.76. The van der Waals surface area contributed by atoms with Crippen molar-refractivity contribution in [1.82, 2.24) is 10.3 Å². The minimum Gasteiger partial charge on any atom is -0.496 e. The molecule has 132 valence electrons. The second-order valence-electron chi connectivity index (χ2n) is 6.21. The number of nitrogens with zero attached hydrogens (tertiary/aromatic N) is 1. The number of methoxy groups -OCH3 is 1. The molecule has 0 unspecified atom stereocenters. The second-order valence-corrected chi connectivity index (χ2v) is 6.21. The van der Waals surface area contributed by atoms with E-state index >= 15 is 0 Å². The molecule has 0 radical (unpaired) electrons. The molecule has 2 N–H and O–H groups in total. The summed E-state index contributed by atoms with van der Waals surface area (Å²) in [7, 11) is 1.50. The molecule has 25 heavy (non-hydrogen) atoms. The van der Waals surface area contributed by atoms with Crippen molar-refractivity contribution in [3.8, 4) is 16.9 Å². The molecule has 1 fully saturated rings. The van der Waals surface area contributed by atoms with Crippen molar-refractivity contribution in [3.05, 3.63) is 42.3 Å². The zero-order valence-electron chi connectivity index (χ0n) is 14.2. The number of halogens is 1. The molecule has 5 nitrogen and oxygen atoms in total. The van der Waals surface area contributed by atoms with Gasteiger partial charge >= 0.3 is 6.03 Å². The van der Waals surface area contributed by atoms with Crippen molar-refractivity contribution in [2.75, 3.05) is 12.4 Å². The number of carbonyl (C=O) groups is 1. The number of pyridine rings is 1. The van der Waals surface area contributed by atoms with Crippen LogP contribution < -0.4 is 15.4 Å². The summed E-state index contributed by atoms with van der Waals surface area (Å²) in [6.45, 7) is 0. The summed E-state index contributed by atoms with van der Waals surface area (Å²) in [4.78, 5) is 16.3. The first-order chi connectivity index (χ1) is 12.2. The highest BCUT2D eigenvalue weighted by Crippen LogP contribution is 2.31. The fraction of sp³-hybridized carbons (Fsp3) is 0.368. The first-order valence-electron chi connectivity index (χ1n) is 8.53. The Morgan fingerprint density at radius 1 is 1.20 bits per heavy atom. The van der Waals surface area contributed by atoms with Crippen molar-refractivity contribution in [1.29, 1.82) is 0 Å². The van der Waals surface area contributed by atoms with Crippen molar-refractivity contribution < 1.29 is 13.9 Å². The van der Waals surface area contributed by atoms with Gasteiger partial charge in [-0.15, -0.1) is 0 Å². The Labute approximate surface area is 146 Å². The van der Waals surface area contributed by atoms with Crippen LogP contribution in [0.25, 0.3) is 11.1 Å². The summed E-state index contributed by atoms with van der Waals surface area (Å²) in [6, 6.07) is 7.88. The molecule has 1 aliphatic carbocycles. The van der Waals surface area contributed by atoms with E-state index in [4.69, 9.17) is 4.74 Å². The molecule has 2 aromatic rings. The smallest absolute Gasteiger partial charge is 0.320 e. The number of rotatable bonds is 4. The number of benzene rings is 1. The van der Waals surface area contributed by atoms with Gasteiger partial charge in [0.1, 0.15) is 17.4 Å². The first-order valence-corrected chi connectivity index (χ1v) is 8.53. The van der Waals surface area contributed by atoms with Crippen LogP contribution in [0.5, 0.6) is 5.75 Å². The third-order valence-electron chi connectivity index (χ3n) is 4.42. The van der Waals surface area contributed by atoms with Gasteiger partial charge in [0.25, 0.3) is 0 Å². The molecule has 3 rings (SSSR count). The van der Waals surface area contributed by atoms with Gasteiger partial charge < -0.3 is 10.1 Å². The first kappa shape index (κ1) is 17.2. The van der Waals surface area contributed by atoms with Gasteiger partial charge in [0, 0.05) is 23.9 Å². The lowest BCUT2D eigenvalue weighted by atomic mass is 9.96. The number of carbonyl (C=O) groups excluding carboxylic acids is 1. The molecule has 1 aliphatic rings. The summed E-state index contributed by atoms with van der Waals surface area (Å²) in [6.07, 6.45) is 7.20. The molecule has 1 saturated carbocycles. The molecule has 1 heterocycles. The number of anilines is 1. The maximum absolute atomic E-state index is 13.4. The van der Waals surface area contributed by atoms with Crippen molar-refractivity contribution in [2.24, 2.45) is 0 Å². The highest BCUT2D eigenvalue weighted by atomic mass is 19.1. The molecule has 0 aliphatic heterocycles. The number of aromatic nitrogens is 1. The Balaban J connectivity index is 1.72. The number of nitrogens with one attached hydrogen (secondary N) is 2. The third-order valence-corrected chi connectivity index (χ3v) is 4.42. The molecule has 0 bridgehead atoms. The number of hydrogen-bond acceptors (Lipinski definition) is 3. The molecule has 1 aromatic heterocycles. The van der Waals surface area contributed by atoms with Crippen LogP contribution >= 0.6 is 0 Å². The number of hydrogen-bond donors (Lipinski definition) is 2. The van der Waals surface area contributed by atoms with E-state index in [1.807, 2.05) is 0 Å². The summed E-state index contributed by atoms with van der Waals surface area (Å²) in [5.74, 6) is 0.515. The molecule has 2 amide bonds. The minimum absolute atomic E-state index is 0.231. The molecular formula is C19H22FN3O2. The largest absolute Gasteiger partial charge is 0.496 e. The van der Waals surface area contributed by atoms with Gasteiger partial charge in [0.15, 0.2) is 0 Å². The Kier molecular flexibility index (Phi) is 5.48. The minimum atomic E-state index is -0.361. The van der Waals surface area contributed by atoms with Crippen LogP contribution in [0, 0.1) is 5.82 Å². The third kappa shape index (κ3) is 4.47. The zero-order chi connectivity index (χ0) is 17.6. The van der Waals surface area contributed by atoms with E-state index in [2.05, 4.69) is 15.6 Å². The lowest BCUT2D eigenvalue weighted by Crippen LogP contribution is -2.39. The van der Waals surface area contributed by atoms with E-state index in [1.165, 1.54) is 25.7 Å². The lowest BCUT2D eigenvalue weighted by Gasteiger charge is -2.22. The summed E-state index contributed by atoms with van der Waals surface area (Å²) < 4.78 is 18.6. The van der Waals surface area contributed by atoms with Crippen molar-refractivity contribution in [2.45, 2.75) is 38.1 Å². The van der Waals surface area contributed by atoms with E-state index in [1.54, 1.807) is 24.4 Å². The Bertz CT molecular complexity index is 745. The van der Waals surface area contributed by atoms with Crippen LogP contribution in [0.4, 0.5) is 15.0 Å². The average Bonchev–Trinajstić information content (AvgIpc) is 2.62. The van der Waals surface area contributed by atoms with E-state index in [-0.39, 0.29) is 17.9 Å². The van der Waals surface area contributed by atoms with Crippen molar-refractivity contribution >= 4 is 11.8 Å². The predicted octanol–water partition coefficient (Wildman–Crippen LogP) is 4.35. The Morgan fingerprint density at radius 2 is 2.00 bits per heavy atom. The molecule has 1 aromatic carbocycles. The molecule has 0 saturated heterocycles. The van der Waals surface area contributed by atoms with Gasteiger partial charge in [-0.2, -0.15) is 0 Å². The van der Waals surface area contributed by atoms with Gasteiger partial charge in [-0.05, 0) is 42.7 Å². The maximum atomic E-state index is 13.4. The van der Waals surface area contributed by atoms with Crippen molar-refractivity contribution in [3.63, 3.8) is 0 Å². The van der Waals surface area contributed by atoms with Crippen LogP contribution in [0.15, 0.2) is 36.5 Å². The lowest BCUT2D eigenvalue weighted by molar-refractivity contribution is 0.244. The molecular weight excluding hydrogens is 321 g/mol. The highest BCUT2D eigenvalue weighted by Gasteiger charge is 2.16. The summed E-state index contributed by atoms with van der Waals surface area (Å²) in [5.41, 5.74) is 1.53. The maximum Gasteiger partial charge on any atom is 0.320 e. The monoisotopic (exact) mass is 343 g/mol. The molecule has 0 atom stereocenters. The normalized spacial score (nSPS) is 14.8. The second kappa shape index (κ2) is 7.96. The van der Waals surface area contributed by atoms with Crippen LogP contribution in [0.2, 0.25) is 0 Å². The van der Waals surface area contributed by atoms with Gasteiger partial charge in [-0.1, -0.05) is 19.3 Å². The van der Waals surface area contributed by atoms with E-state index in [0.29, 0.717) is 11.6 Å². The van der Waals surface area contributed by atoms with E-state index in [0.717, 1.165) is 36.8 Å². The molecule has 6 heteroatoms. The predicted molar refractivity (Wildman–Crippen MR) is 95.2 cm³/mol. The summed E-state index contributed by atoms with van der Waals surface area (Å²) >= 11 is 0. The van der Waals surface area contributed by atoms with Gasteiger partial charge in [0.05, 0.1) is 7.11 Å². The fourth-order valence-electron chi connectivity index (χ4n) is 3.15. The van der Waals surface area contributed by atoms with Crippen LogP contribution in [0.3, 0.4) is 0 Å². The molecule has 0 spiro atoms. The zero-order valence-corrected chi connectivity index (χ0v) is 14.2. The standard InChI is InChI=1S/C19H22FN3O2/c1-25-17-12-14(20)7-8-16(17)13-9-10-21-18(11-13)23-19(24)22-15-5-3-2-4-6-15/h7-12,15H,2-6H2,1H3,(H2,21,22,23,24). The SMILES string of the molecule is COc1cc(F)ccc1-c1ccnc(NC(=O)NC2CCCCC2)c1. The highest BCUT2D eigenvalue weighted by molar-refractivity contribution is 5.89. The average molecular weight is 343 g/mol. The van der Waals surface area contributed by atoms with Crippen LogP contribution in [-0.2, 0) is 0 Å². The van der Waals surface area contributed by atoms with E-state index < -0.39 is 0 Å². The van der Waals surface area contributed by atoms with Gasteiger partial charge in [-0.25, -0.2) is 14.2 Å². The van der Waals surface area contributed by atoms with E-state index in [9.17, 15) is 9.18 Å². The van der Waals surface area contributed by atoms with Gasteiger partial charge in [0.2, 0.25) is 0 Å². The fourth-order valence-corrected chi connectivity index (χ4v) is 3.15. The Morgan fingerprint density at radius 3 is 2.76 bits per heavy atom. The Hall–Kier alpha value is -2.63. The number of urea groups is 1.